The summed E-state index contributed by atoms with van der Waals surface area (Å²) in [5, 5.41) is 0. The third-order valence-electron chi connectivity index (χ3n) is 16.1. The standard InChI is InChI=1S/C74H136O6/c1-4-7-10-13-16-19-22-25-27-29-31-33-35-36-37-38-40-41-43-45-47-49-52-55-58-61-64-67-73(76)79-70-71(69-78-72(75)66-63-60-57-54-51-24-21-18-15-12-9-6-3)80-74(77)68-65-62-59-56-53-50-48-46-44-42-39-34-32-30-28-26-23-20-17-14-11-8-5-2/h22,25,29-32,35-36,71H,4-21,23-24,26-28,33-34,37-70H2,1-3H3/b25-22-,31-29-,32-30-,36-35-. The maximum absolute atomic E-state index is 12.9. The molecule has 0 heterocycles. The first-order valence-electron chi connectivity index (χ1n) is 35.6. The van der Waals surface area contributed by atoms with Crippen molar-refractivity contribution < 1.29 is 28.6 Å². The van der Waals surface area contributed by atoms with Crippen molar-refractivity contribution in [3.63, 3.8) is 0 Å². The predicted octanol–water partition coefficient (Wildman–Crippen LogP) is 24.5. The Morgan fingerprint density at radius 1 is 0.250 bits per heavy atom. The number of allylic oxidation sites excluding steroid dienone is 8. The first-order chi connectivity index (χ1) is 39.5. The van der Waals surface area contributed by atoms with Crippen molar-refractivity contribution in [2.45, 2.75) is 393 Å². The van der Waals surface area contributed by atoms with Crippen LogP contribution in [0.25, 0.3) is 0 Å². The van der Waals surface area contributed by atoms with Crippen molar-refractivity contribution in [1.82, 2.24) is 0 Å². The highest BCUT2D eigenvalue weighted by atomic mass is 16.6. The van der Waals surface area contributed by atoms with Crippen molar-refractivity contribution in [3.8, 4) is 0 Å². The van der Waals surface area contributed by atoms with Crippen LogP contribution in [0, 0.1) is 0 Å². The van der Waals surface area contributed by atoms with Gasteiger partial charge in [0.25, 0.3) is 0 Å². The molecule has 1 unspecified atom stereocenters. The van der Waals surface area contributed by atoms with E-state index in [9.17, 15) is 14.4 Å². The summed E-state index contributed by atoms with van der Waals surface area (Å²) in [5.41, 5.74) is 0. The average Bonchev–Trinajstić information content (AvgIpc) is 3.46. The van der Waals surface area contributed by atoms with Gasteiger partial charge in [0.15, 0.2) is 6.10 Å². The molecular weight excluding hydrogens is 985 g/mol. The maximum Gasteiger partial charge on any atom is 0.306 e. The summed E-state index contributed by atoms with van der Waals surface area (Å²) in [6.45, 7) is 6.69. The highest BCUT2D eigenvalue weighted by Gasteiger charge is 2.19. The van der Waals surface area contributed by atoms with Crippen molar-refractivity contribution in [1.29, 1.82) is 0 Å². The van der Waals surface area contributed by atoms with Crippen LogP contribution in [0.4, 0.5) is 0 Å². The molecule has 1 atom stereocenters. The number of esters is 3. The first-order valence-corrected chi connectivity index (χ1v) is 35.6. The van der Waals surface area contributed by atoms with Gasteiger partial charge >= 0.3 is 17.9 Å². The number of carbonyl (C=O) groups is 3. The monoisotopic (exact) mass is 1120 g/mol. The lowest BCUT2D eigenvalue weighted by Crippen LogP contribution is -2.30. The molecule has 6 heteroatoms. The van der Waals surface area contributed by atoms with E-state index in [1.807, 2.05) is 0 Å². The number of hydrogen-bond acceptors (Lipinski definition) is 6. The van der Waals surface area contributed by atoms with Gasteiger partial charge in [-0.05, 0) is 83.5 Å². The van der Waals surface area contributed by atoms with E-state index in [4.69, 9.17) is 14.2 Å². The van der Waals surface area contributed by atoms with Gasteiger partial charge in [0.2, 0.25) is 0 Å². The zero-order valence-electron chi connectivity index (χ0n) is 53.9. The molecular formula is C74H136O6. The van der Waals surface area contributed by atoms with Gasteiger partial charge in [0, 0.05) is 19.3 Å². The molecule has 0 spiro atoms. The van der Waals surface area contributed by atoms with E-state index >= 15 is 0 Å². The van der Waals surface area contributed by atoms with Gasteiger partial charge in [-0.3, -0.25) is 14.4 Å². The third kappa shape index (κ3) is 66.2. The SMILES string of the molecule is CCCCCCC/C=C\C/C=C\C/C=C\CCCCCCCCCCCCCCC(=O)OCC(COC(=O)CCCCCCCCCCCCCC)OC(=O)CCCCCCCCCCCCC/C=C\CCCCCCCCCC. The smallest absolute Gasteiger partial charge is 0.306 e. The Labute approximate surface area is 498 Å². The molecule has 0 aromatic carbocycles. The second kappa shape index (κ2) is 68.9. The lowest BCUT2D eigenvalue weighted by molar-refractivity contribution is -0.167. The molecule has 0 amide bonds. The summed E-state index contributed by atoms with van der Waals surface area (Å²) in [6.07, 6.45) is 87.1. The molecule has 0 N–H and O–H groups in total. The van der Waals surface area contributed by atoms with Crippen LogP contribution in [0.15, 0.2) is 48.6 Å². The molecule has 0 rings (SSSR count). The van der Waals surface area contributed by atoms with Gasteiger partial charge in [-0.2, -0.15) is 0 Å². The molecule has 0 saturated heterocycles. The lowest BCUT2D eigenvalue weighted by atomic mass is 10.0. The van der Waals surface area contributed by atoms with Gasteiger partial charge < -0.3 is 14.2 Å². The van der Waals surface area contributed by atoms with Crippen molar-refractivity contribution >= 4 is 17.9 Å². The minimum absolute atomic E-state index is 0.0690. The van der Waals surface area contributed by atoms with Crippen LogP contribution in [-0.2, 0) is 28.6 Å². The molecule has 0 bridgehead atoms. The Morgan fingerprint density at radius 2 is 0.450 bits per heavy atom. The van der Waals surface area contributed by atoms with Crippen molar-refractivity contribution in [2.24, 2.45) is 0 Å². The van der Waals surface area contributed by atoms with Crippen LogP contribution >= 0.6 is 0 Å². The van der Waals surface area contributed by atoms with E-state index in [1.165, 1.54) is 276 Å². The van der Waals surface area contributed by atoms with E-state index in [2.05, 4.69) is 69.4 Å². The fourth-order valence-corrected chi connectivity index (χ4v) is 10.7. The average molecular weight is 1120 g/mol. The Hall–Kier alpha value is -2.63. The molecule has 0 saturated carbocycles. The topological polar surface area (TPSA) is 78.9 Å². The number of carbonyl (C=O) groups excluding carboxylic acids is 3. The van der Waals surface area contributed by atoms with Crippen LogP contribution in [0.3, 0.4) is 0 Å². The van der Waals surface area contributed by atoms with Crippen molar-refractivity contribution in [2.75, 3.05) is 13.2 Å². The zero-order chi connectivity index (χ0) is 57.8. The maximum atomic E-state index is 12.9. The lowest BCUT2D eigenvalue weighted by Gasteiger charge is -2.18. The molecule has 468 valence electrons. The van der Waals surface area contributed by atoms with Gasteiger partial charge in [-0.25, -0.2) is 0 Å². The van der Waals surface area contributed by atoms with Crippen LogP contribution in [-0.4, -0.2) is 37.2 Å². The van der Waals surface area contributed by atoms with Crippen LogP contribution in [0.2, 0.25) is 0 Å². The summed E-state index contributed by atoms with van der Waals surface area (Å²) in [5.74, 6) is -0.846. The minimum atomic E-state index is -0.773. The molecule has 6 nitrogen and oxygen atoms in total. The Morgan fingerprint density at radius 3 is 0.713 bits per heavy atom. The molecule has 0 fully saturated rings. The van der Waals surface area contributed by atoms with E-state index in [1.54, 1.807) is 0 Å². The summed E-state index contributed by atoms with van der Waals surface area (Å²) in [7, 11) is 0. The van der Waals surface area contributed by atoms with Crippen LogP contribution in [0.5, 0.6) is 0 Å². The van der Waals surface area contributed by atoms with E-state index < -0.39 is 6.10 Å². The first kappa shape index (κ1) is 77.4. The Bertz CT molecular complexity index is 1380. The molecule has 80 heavy (non-hydrogen) atoms. The Kier molecular flexibility index (Phi) is 66.6. The normalized spacial score (nSPS) is 12.3. The van der Waals surface area contributed by atoms with Gasteiger partial charge in [0.05, 0.1) is 0 Å². The van der Waals surface area contributed by atoms with Gasteiger partial charge in [-0.15, -0.1) is 0 Å². The fourth-order valence-electron chi connectivity index (χ4n) is 10.7. The van der Waals surface area contributed by atoms with Crippen molar-refractivity contribution in [3.05, 3.63) is 48.6 Å². The van der Waals surface area contributed by atoms with Gasteiger partial charge in [0.1, 0.15) is 13.2 Å². The Balaban J connectivity index is 4.22. The molecule has 0 aliphatic carbocycles. The highest BCUT2D eigenvalue weighted by Crippen LogP contribution is 2.18. The zero-order valence-corrected chi connectivity index (χ0v) is 53.9. The molecule has 0 aliphatic rings. The predicted molar refractivity (Wildman–Crippen MR) is 349 cm³/mol. The number of rotatable bonds is 66. The van der Waals surface area contributed by atoms with E-state index in [-0.39, 0.29) is 31.1 Å². The molecule has 0 aromatic rings. The van der Waals surface area contributed by atoms with E-state index in [0.717, 1.165) is 70.6 Å². The number of unbranched alkanes of at least 4 members (excludes halogenated alkanes) is 47. The van der Waals surface area contributed by atoms with Gasteiger partial charge in [-0.1, -0.05) is 333 Å². The molecule has 0 radical (unpaired) electrons. The number of hydrogen-bond donors (Lipinski definition) is 0. The number of ether oxygens (including phenoxy) is 3. The summed E-state index contributed by atoms with van der Waals surface area (Å²) >= 11 is 0. The quantitative estimate of drug-likeness (QED) is 0.0261. The summed E-state index contributed by atoms with van der Waals surface area (Å²) < 4.78 is 17.0. The summed E-state index contributed by atoms with van der Waals surface area (Å²) in [4.78, 5) is 38.4. The van der Waals surface area contributed by atoms with E-state index in [0.29, 0.717) is 19.3 Å². The minimum Gasteiger partial charge on any atom is -0.462 e. The molecule has 0 aromatic heterocycles. The largest absolute Gasteiger partial charge is 0.462 e. The van der Waals surface area contributed by atoms with Crippen LogP contribution < -0.4 is 0 Å². The third-order valence-corrected chi connectivity index (χ3v) is 16.1. The second-order valence-corrected chi connectivity index (χ2v) is 24.1. The highest BCUT2D eigenvalue weighted by molar-refractivity contribution is 5.71. The molecule has 0 aliphatic heterocycles. The van der Waals surface area contributed by atoms with Crippen LogP contribution in [0.1, 0.15) is 387 Å². The summed E-state index contributed by atoms with van der Waals surface area (Å²) in [6, 6.07) is 0. The fraction of sp³-hybridized carbons (Fsp3) is 0.851. The second-order valence-electron chi connectivity index (χ2n) is 24.1.